The van der Waals surface area contributed by atoms with E-state index in [1.807, 2.05) is 42.5 Å². The summed E-state index contributed by atoms with van der Waals surface area (Å²) in [5.74, 6) is 0.248. The Morgan fingerprint density at radius 3 is 2.38 bits per heavy atom. The van der Waals surface area contributed by atoms with Gasteiger partial charge in [0.05, 0.1) is 28.4 Å². The maximum atomic E-state index is 13.5. The smallest absolute Gasteiger partial charge is 0.280 e. The van der Waals surface area contributed by atoms with Crippen LogP contribution in [-0.4, -0.2) is 51.0 Å². The molecule has 0 aliphatic rings. The Morgan fingerprint density at radius 2 is 1.74 bits per heavy atom. The first kappa shape index (κ1) is 23.6. The number of rotatable bonds is 7. The zero-order valence-corrected chi connectivity index (χ0v) is 20.4. The van der Waals surface area contributed by atoms with E-state index in [1.54, 1.807) is 19.4 Å². The number of amides is 1. The third-order valence-electron chi connectivity index (χ3n) is 4.96. The van der Waals surface area contributed by atoms with E-state index in [0.29, 0.717) is 16.4 Å². The highest BCUT2D eigenvalue weighted by Gasteiger charge is 2.23. The molecule has 0 fully saturated rings. The Balaban J connectivity index is 1.73. The van der Waals surface area contributed by atoms with Crippen LogP contribution in [0.5, 0.6) is 5.75 Å². The van der Waals surface area contributed by atoms with E-state index >= 15 is 0 Å². The SMILES string of the molecule is COc1ccc2nc(N(/N=C/c3ccccc3)C(=O)c3ccc(S(=O)(=O)N(C)C)cc3)sc2c1. The number of anilines is 1. The van der Waals surface area contributed by atoms with Crippen molar-refractivity contribution in [1.82, 2.24) is 9.29 Å². The van der Waals surface area contributed by atoms with E-state index in [1.165, 1.54) is 54.7 Å². The first-order chi connectivity index (χ1) is 16.3. The monoisotopic (exact) mass is 494 g/mol. The summed E-state index contributed by atoms with van der Waals surface area (Å²) >= 11 is 1.30. The zero-order valence-electron chi connectivity index (χ0n) is 18.7. The predicted molar refractivity (Wildman–Crippen MR) is 134 cm³/mol. The number of hydrazone groups is 1. The van der Waals surface area contributed by atoms with Gasteiger partial charge in [-0.2, -0.15) is 10.1 Å². The van der Waals surface area contributed by atoms with Gasteiger partial charge in [0.15, 0.2) is 0 Å². The van der Waals surface area contributed by atoms with Gasteiger partial charge < -0.3 is 4.74 Å². The minimum atomic E-state index is -3.61. The summed E-state index contributed by atoms with van der Waals surface area (Å²) in [4.78, 5) is 18.1. The van der Waals surface area contributed by atoms with Crippen LogP contribution in [0.3, 0.4) is 0 Å². The van der Waals surface area contributed by atoms with Gasteiger partial charge in [0, 0.05) is 19.7 Å². The van der Waals surface area contributed by atoms with Crippen LogP contribution in [0.2, 0.25) is 0 Å². The molecule has 174 valence electrons. The Hall–Kier alpha value is -3.60. The third kappa shape index (κ3) is 4.84. The maximum absolute atomic E-state index is 13.5. The predicted octanol–water partition coefficient (Wildman–Crippen LogP) is 4.24. The van der Waals surface area contributed by atoms with Crippen molar-refractivity contribution in [1.29, 1.82) is 0 Å². The molecular formula is C24H22N4O4S2. The highest BCUT2D eigenvalue weighted by atomic mass is 32.2. The maximum Gasteiger partial charge on any atom is 0.280 e. The van der Waals surface area contributed by atoms with Crippen LogP contribution in [0, 0.1) is 0 Å². The fraction of sp³-hybridized carbons (Fsp3) is 0.125. The minimum Gasteiger partial charge on any atom is -0.497 e. The summed E-state index contributed by atoms with van der Waals surface area (Å²) < 4.78 is 32.0. The number of ether oxygens (including phenoxy) is 1. The van der Waals surface area contributed by atoms with Crippen LogP contribution in [0.4, 0.5) is 5.13 Å². The second-order valence-electron chi connectivity index (χ2n) is 7.41. The number of thiazole rings is 1. The molecule has 8 nitrogen and oxygen atoms in total. The molecule has 1 heterocycles. The number of aromatic nitrogens is 1. The Labute approximate surface area is 201 Å². The number of benzene rings is 3. The standard InChI is InChI=1S/C24H22N4O4S2/c1-27(2)34(30,31)20-12-9-18(10-13-20)23(29)28(25-16-17-7-5-4-6-8-17)24-26-21-14-11-19(32-3)15-22(21)33-24/h4-16H,1-3H3/b25-16+. The molecule has 1 amide bonds. The normalized spacial score (nSPS) is 11.9. The molecule has 1 aromatic heterocycles. The fourth-order valence-corrected chi connectivity index (χ4v) is 4.92. The topological polar surface area (TPSA) is 92.2 Å². The molecule has 0 saturated carbocycles. The number of methoxy groups -OCH3 is 1. The molecule has 0 aliphatic carbocycles. The molecular weight excluding hydrogens is 472 g/mol. The van der Waals surface area contributed by atoms with Crippen molar-refractivity contribution in [2.45, 2.75) is 4.90 Å². The van der Waals surface area contributed by atoms with E-state index in [-0.39, 0.29) is 10.5 Å². The molecule has 3 aromatic carbocycles. The number of hydrogen-bond acceptors (Lipinski definition) is 7. The molecule has 0 aliphatic heterocycles. The van der Waals surface area contributed by atoms with Crippen molar-refractivity contribution in [3.05, 3.63) is 83.9 Å². The molecule has 4 aromatic rings. The van der Waals surface area contributed by atoms with E-state index in [4.69, 9.17) is 4.74 Å². The molecule has 10 heteroatoms. The molecule has 0 spiro atoms. The molecule has 4 rings (SSSR count). The quantitative estimate of drug-likeness (QED) is 0.283. The second-order valence-corrected chi connectivity index (χ2v) is 10.6. The molecule has 0 atom stereocenters. The second kappa shape index (κ2) is 9.72. The Bertz CT molecular complexity index is 1450. The Morgan fingerprint density at radius 1 is 1.03 bits per heavy atom. The fourth-order valence-electron chi connectivity index (χ4n) is 3.07. The van der Waals surface area contributed by atoms with Crippen LogP contribution in [-0.2, 0) is 10.0 Å². The van der Waals surface area contributed by atoms with Crippen LogP contribution in [0.25, 0.3) is 10.2 Å². The minimum absolute atomic E-state index is 0.0977. The lowest BCUT2D eigenvalue weighted by Crippen LogP contribution is -2.26. The molecule has 0 saturated heterocycles. The van der Waals surface area contributed by atoms with Gasteiger partial charge in [-0.3, -0.25) is 4.79 Å². The van der Waals surface area contributed by atoms with Crippen molar-refractivity contribution < 1.29 is 17.9 Å². The largest absolute Gasteiger partial charge is 0.497 e. The van der Waals surface area contributed by atoms with E-state index in [0.717, 1.165) is 14.6 Å². The molecule has 0 N–H and O–H groups in total. The van der Waals surface area contributed by atoms with Crippen molar-refractivity contribution >= 4 is 48.8 Å². The van der Waals surface area contributed by atoms with Crippen LogP contribution in [0.1, 0.15) is 15.9 Å². The third-order valence-corrected chi connectivity index (χ3v) is 7.78. The summed E-state index contributed by atoms with van der Waals surface area (Å²) in [5, 5.41) is 6.03. The molecule has 0 bridgehead atoms. The molecule has 0 unspecified atom stereocenters. The lowest BCUT2D eigenvalue weighted by atomic mass is 10.2. The number of sulfonamides is 1. The molecule has 34 heavy (non-hydrogen) atoms. The van der Waals surface area contributed by atoms with Crippen molar-refractivity contribution in [2.75, 3.05) is 26.2 Å². The van der Waals surface area contributed by atoms with Crippen molar-refractivity contribution in [2.24, 2.45) is 5.10 Å². The van der Waals surface area contributed by atoms with Gasteiger partial charge in [0.25, 0.3) is 5.91 Å². The van der Waals surface area contributed by atoms with Crippen molar-refractivity contribution in [3.63, 3.8) is 0 Å². The highest BCUT2D eigenvalue weighted by Crippen LogP contribution is 2.32. The Kier molecular flexibility index (Phi) is 6.73. The van der Waals surface area contributed by atoms with Gasteiger partial charge in [-0.25, -0.2) is 17.7 Å². The van der Waals surface area contributed by atoms with Gasteiger partial charge in [-0.15, -0.1) is 0 Å². The first-order valence-corrected chi connectivity index (χ1v) is 12.5. The number of nitrogens with zero attached hydrogens (tertiary/aromatic N) is 4. The van der Waals surface area contributed by atoms with Gasteiger partial charge in [-0.05, 0) is 48.0 Å². The number of hydrogen-bond donors (Lipinski definition) is 0. The van der Waals surface area contributed by atoms with Crippen molar-refractivity contribution in [3.8, 4) is 5.75 Å². The van der Waals surface area contributed by atoms with Crippen LogP contribution in [0.15, 0.2) is 82.8 Å². The summed E-state index contributed by atoms with van der Waals surface area (Å²) in [6.07, 6.45) is 1.58. The lowest BCUT2D eigenvalue weighted by molar-refractivity contribution is 0.0987. The van der Waals surface area contributed by atoms with E-state index in [9.17, 15) is 13.2 Å². The summed E-state index contributed by atoms with van der Waals surface area (Å²) in [6.45, 7) is 0. The first-order valence-electron chi connectivity index (χ1n) is 10.2. The van der Waals surface area contributed by atoms with Crippen LogP contribution >= 0.6 is 11.3 Å². The lowest BCUT2D eigenvalue weighted by Gasteiger charge is -2.15. The summed E-state index contributed by atoms with van der Waals surface area (Å²) in [6, 6.07) is 20.6. The summed E-state index contributed by atoms with van der Waals surface area (Å²) in [5.41, 5.74) is 1.80. The van der Waals surface area contributed by atoms with Gasteiger partial charge in [0.2, 0.25) is 15.2 Å². The average Bonchev–Trinajstić information content (AvgIpc) is 3.27. The van der Waals surface area contributed by atoms with E-state index < -0.39 is 15.9 Å². The van der Waals surface area contributed by atoms with Gasteiger partial charge in [-0.1, -0.05) is 41.7 Å². The van der Waals surface area contributed by atoms with E-state index in [2.05, 4.69) is 10.1 Å². The zero-order chi connectivity index (χ0) is 24.3. The number of fused-ring (bicyclic) bond motifs is 1. The average molecular weight is 495 g/mol. The van der Waals surface area contributed by atoms with Gasteiger partial charge in [0.1, 0.15) is 5.75 Å². The number of carbonyl (C=O) groups excluding carboxylic acids is 1. The highest BCUT2D eigenvalue weighted by molar-refractivity contribution is 7.89. The number of carbonyl (C=O) groups is 1. The summed E-state index contributed by atoms with van der Waals surface area (Å²) in [7, 11) is 0.891. The molecule has 0 radical (unpaired) electrons. The van der Waals surface area contributed by atoms with Gasteiger partial charge >= 0.3 is 0 Å². The van der Waals surface area contributed by atoms with Crippen LogP contribution < -0.4 is 9.75 Å².